The molecule has 0 atom stereocenters. The lowest BCUT2D eigenvalue weighted by molar-refractivity contribution is 0.397. The molecule has 0 bridgehead atoms. The van der Waals surface area contributed by atoms with Crippen molar-refractivity contribution in [2.45, 2.75) is 20.0 Å². The van der Waals surface area contributed by atoms with Crippen molar-refractivity contribution in [3.8, 4) is 5.88 Å². The smallest absolute Gasteiger partial charge is 0.212 e. The minimum Gasteiger partial charge on any atom is -0.481 e. The van der Waals surface area contributed by atoms with Crippen molar-refractivity contribution in [3.63, 3.8) is 0 Å². The largest absolute Gasteiger partial charge is 0.481 e. The second kappa shape index (κ2) is 6.12. The standard InChI is InChI=1S/C14H17N3O/c1-11-4-3-5-13(17-11)10-15-8-12-6-7-14(18-2)16-9-12/h3-7,9,15H,8,10H2,1-2H3. The summed E-state index contributed by atoms with van der Waals surface area (Å²) in [6.07, 6.45) is 1.81. The molecule has 2 aromatic rings. The van der Waals surface area contributed by atoms with E-state index >= 15 is 0 Å². The highest BCUT2D eigenvalue weighted by molar-refractivity contribution is 5.17. The molecule has 0 saturated carbocycles. The van der Waals surface area contributed by atoms with Gasteiger partial charge in [-0.3, -0.25) is 4.98 Å². The Labute approximate surface area is 107 Å². The number of hydrogen-bond donors (Lipinski definition) is 1. The zero-order valence-electron chi connectivity index (χ0n) is 10.7. The summed E-state index contributed by atoms with van der Waals surface area (Å²) in [6, 6.07) is 9.90. The molecule has 0 aromatic carbocycles. The van der Waals surface area contributed by atoms with Gasteiger partial charge in [-0.1, -0.05) is 12.1 Å². The average molecular weight is 243 g/mol. The molecule has 0 spiro atoms. The van der Waals surface area contributed by atoms with Gasteiger partial charge in [0.05, 0.1) is 12.8 Å². The third-order valence-electron chi connectivity index (χ3n) is 2.59. The Bertz CT molecular complexity index is 497. The second-order valence-electron chi connectivity index (χ2n) is 4.08. The number of nitrogens with zero attached hydrogens (tertiary/aromatic N) is 2. The summed E-state index contributed by atoms with van der Waals surface area (Å²) in [5.74, 6) is 0.638. The number of methoxy groups -OCH3 is 1. The number of aryl methyl sites for hydroxylation is 1. The maximum atomic E-state index is 5.01. The normalized spacial score (nSPS) is 10.3. The fourth-order valence-electron chi connectivity index (χ4n) is 1.67. The molecule has 0 amide bonds. The molecule has 0 aliphatic rings. The van der Waals surface area contributed by atoms with Crippen LogP contribution in [0.3, 0.4) is 0 Å². The van der Waals surface area contributed by atoms with Crippen molar-refractivity contribution < 1.29 is 4.74 Å². The quantitative estimate of drug-likeness (QED) is 0.873. The Hall–Kier alpha value is -1.94. The zero-order valence-corrected chi connectivity index (χ0v) is 10.7. The van der Waals surface area contributed by atoms with Gasteiger partial charge in [0.2, 0.25) is 5.88 Å². The molecule has 4 nitrogen and oxygen atoms in total. The molecular formula is C14H17N3O. The van der Waals surface area contributed by atoms with Gasteiger partial charge in [-0.25, -0.2) is 4.98 Å². The molecule has 0 saturated heterocycles. The lowest BCUT2D eigenvalue weighted by atomic mass is 10.2. The van der Waals surface area contributed by atoms with Crippen LogP contribution in [0.25, 0.3) is 0 Å². The Morgan fingerprint density at radius 1 is 1.17 bits per heavy atom. The van der Waals surface area contributed by atoms with Gasteiger partial charge < -0.3 is 10.1 Å². The van der Waals surface area contributed by atoms with E-state index in [0.717, 1.165) is 30.0 Å². The van der Waals surface area contributed by atoms with Crippen LogP contribution in [0.2, 0.25) is 0 Å². The first-order valence-corrected chi connectivity index (χ1v) is 5.90. The first kappa shape index (κ1) is 12.5. The van der Waals surface area contributed by atoms with Gasteiger partial charge in [-0.15, -0.1) is 0 Å². The Morgan fingerprint density at radius 2 is 2.06 bits per heavy atom. The molecule has 2 heterocycles. The average Bonchev–Trinajstić information content (AvgIpc) is 2.40. The number of aromatic nitrogens is 2. The van der Waals surface area contributed by atoms with Crippen LogP contribution in [-0.2, 0) is 13.1 Å². The zero-order chi connectivity index (χ0) is 12.8. The van der Waals surface area contributed by atoms with E-state index in [2.05, 4.69) is 15.3 Å². The van der Waals surface area contributed by atoms with E-state index in [4.69, 9.17) is 4.74 Å². The van der Waals surface area contributed by atoms with Crippen molar-refractivity contribution in [1.29, 1.82) is 0 Å². The van der Waals surface area contributed by atoms with Gasteiger partial charge in [0.1, 0.15) is 0 Å². The van der Waals surface area contributed by atoms with Crippen LogP contribution in [0.4, 0.5) is 0 Å². The Kier molecular flexibility index (Phi) is 4.25. The molecule has 2 rings (SSSR count). The minimum absolute atomic E-state index is 0.638. The van der Waals surface area contributed by atoms with Crippen LogP contribution >= 0.6 is 0 Å². The van der Waals surface area contributed by atoms with Crippen molar-refractivity contribution in [2.24, 2.45) is 0 Å². The summed E-state index contributed by atoms with van der Waals surface area (Å²) >= 11 is 0. The first-order chi connectivity index (χ1) is 8.78. The highest BCUT2D eigenvalue weighted by atomic mass is 16.5. The van der Waals surface area contributed by atoms with Gasteiger partial charge in [0.15, 0.2) is 0 Å². The van der Waals surface area contributed by atoms with Crippen LogP contribution in [-0.4, -0.2) is 17.1 Å². The fourth-order valence-corrected chi connectivity index (χ4v) is 1.67. The molecule has 0 unspecified atom stereocenters. The van der Waals surface area contributed by atoms with E-state index in [1.165, 1.54) is 0 Å². The SMILES string of the molecule is COc1ccc(CNCc2cccc(C)n2)cn1. The molecule has 1 N–H and O–H groups in total. The highest BCUT2D eigenvalue weighted by Crippen LogP contribution is 2.06. The number of ether oxygens (including phenoxy) is 1. The maximum Gasteiger partial charge on any atom is 0.212 e. The lowest BCUT2D eigenvalue weighted by Crippen LogP contribution is -2.14. The topological polar surface area (TPSA) is 47.0 Å². The molecule has 0 aliphatic carbocycles. The molecule has 94 valence electrons. The first-order valence-electron chi connectivity index (χ1n) is 5.90. The van der Waals surface area contributed by atoms with Crippen LogP contribution in [0.15, 0.2) is 36.5 Å². The molecular weight excluding hydrogens is 226 g/mol. The van der Waals surface area contributed by atoms with E-state index in [-0.39, 0.29) is 0 Å². The maximum absolute atomic E-state index is 5.01. The van der Waals surface area contributed by atoms with E-state index in [0.29, 0.717) is 5.88 Å². The van der Waals surface area contributed by atoms with E-state index in [9.17, 15) is 0 Å². The fraction of sp³-hybridized carbons (Fsp3) is 0.286. The molecule has 4 heteroatoms. The molecule has 0 radical (unpaired) electrons. The van der Waals surface area contributed by atoms with Gasteiger partial charge >= 0.3 is 0 Å². The van der Waals surface area contributed by atoms with Crippen LogP contribution in [0, 0.1) is 6.92 Å². The van der Waals surface area contributed by atoms with E-state index < -0.39 is 0 Å². The van der Waals surface area contributed by atoms with Crippen molar-refractivity contribution in [3.05, 3.63) is 53.5 Å². The number of pyridine rings is 2. The molecule has 0 fully saturated rings. The van der Waals surface area contributed by atoms with E-state index in [1.54, 1.807) is 7.11 Å². The summed E-state index contributed by atoms with van der Waals surface area (Å²) in [5, 5.41) is 3.34. The van der Waals surface area contributed by atoms with Gasteiger partial charge in [0, 0.05) is 31.0 Å². The lowest BCUT2D eigenvalue weighted by Gasteiger charge is -2.05. The molecule has 18 heavy (non-hydrogen) atoms. The summed E-state index contributed by atoms with van der Waals surface area (Å²) in [7, 11) is 1.61. The van der Waals surface area contributed by atoms with Gasteiger partial charge in [-0.2, -0.15) is 0 Å². The van der Waals surface area contributed by atoms with Gasteiger partial charge in [-0.05, 0) is 24.6 Å². The molecule has 2 aromatic heterocycles. The summed E-state index contributed by atoms with van der Waals surface area (Å²) in [6.45, 7) is 3.53. The summed E-state index contributed by atoms with van der Waals surface area (Å²) in [5.41, 5.74) is 3.22. The highest BCUT2D eigenvalue weighted by Gasteiger charge is 1.97. The summed E-state index contributed by atoms with van der Waals surface area (Å²) < 4.78 is 5.01. The summed E-state index contributed by atoms with van der Waals surface area (Å²) in [4.78, 5) is 8.59. The van der Waals surface area contributed by atoms with Gasteiger partial charge in [0.25, 0.3) is 0 Å². The molecule has 0 aliphatic heterocycles. The third-order valence-corrected chi connectivity index (χ3v) is 2.59. The van der Waals surface area contributed by atoms with Crippen LogP contribution in [0.5, 0.6) is 5.88 Å². The predicted molar refractivity (Wildman–Crippen MR) is 70.3 cm³/mol. The number of nitrogens with one attached hydrogen (secondary N) is 1. The second-order valence-corrected chi connectivity index (χ2v) is 4.08. The van der Waals surface area contributed by atoms with Crippen molar-refractivity contribution in [1.82, 2.24) is 15.3 Å². The van der Waals surface area contributed by atoms with Crippen molar-refractivity contribution in [2.75, 3.05) is 7.11 Å². The third kappa shape index (κ3) is 3.53. The van der Waals surface area contributed by atoms with Crippen molar-refractivity contribution >= 4 is 0 Å². The number of hydrogen-bond acceptors (Lipinski definition) is 4. The van der Waals surface area contributed by atoms with E-state index in [1.807, 2.05) is 43.5 Å². The minimum atomic E-state index is 0.638. The Balaban J connectivity index is 1.84. The predicted octanol–water partition coefficient (Wildman–Crippen LogP) is 2.08. The van der Waals surface area contributed by atoms with Crippen LogP contribution < -0.4 is 10.1 Å². The van der Waals surface area contributed by atoms with Crippen LogP contribution in [0.1, 0.15) is 17.0 Å². The number of rotatable bonds is 5. The monoisotopic (exact) mass is 243 g/mol. The Morgan fingerprint density at radius 3 is 2.72 bits per heavy atom.